The van der Waals surface area contributed by atoms with E-state index < -0.39 is 51.8 Å². The van der Waals surface area contributed by atoms with Crippen molar-refractivity contribution >= 4 is 32.7 Å². The molecule has 0 aliphatic carbocycles. The molecule has 6 nitrogen and oxygen atoms in total. The molecule has 0 saturated carbocycles. The smallest absolute Gasteiger partial charge is 0.428 e. The summed E-state index contributed by atoms with van der Waals surface area (Å²) in [5.74, 6) is -0.634. The fraction of sp³-hybridized carbons (Fsp3) is 0.500. The first-order valence-electron chi connectivity index (χ1n) is 8.20. The Morgan fingerprint density at radius 1 is 1.18 bits per heavy atom. The molecule has 1 aliphatic heterocycles. The van der Waals surface area contributed by atoms with Gasteiger partial charge in [-0.15, -0.1) is 0 Å². The number of benzene rings is 1. The van der Waals surface area contributed by atoms with E-state index in [-0.39, 0.29) is 18.6 Å². The Hall–Kier alpha value is -1.72. The first-order valence-corrected chi connectivity index (χ1v) is 10.4. The van der Waals surface area contributed by atoms with Crippen LogP contribution >= 0.6 is 11.6 Å². The summed E-state index contributed by atoms with van der Waals surface area (Å²) < 4.78 is 85.1. The number of halogens is 5. The van der Waals surface area contributed by atoms with Gasteiger partial charge in [0.25, 0.3) is 5.88 Å². The fourth-order valence-corrected chi connectivity index (χ4v) is 4.09. The molecule has 1 aromatic carbocycles. The highest BCUT2D eigenvalue weighted by Crippen LogP contribution is 2.41. The second-order valence-electron chi connectivity index (χ2n) is 6.54. The molecule has 1 unspecified atom stereocenters. The van der Waals surface area contributed by atoms with Gasteiger partial charge in [-0.3, -0.25) is 0 Å². The van der Waals surface area contributed by atoms with Crippen LogP contribution in [0.25, 0.3) is 11.0 Å². The highest BCUT2D eigenvalue weighted by atomic mass is 35.5. The Morgan fingerprint density at radius 3 is 2.21 bits per heavy atom. The van der Waals surface area contributed by atoms with Crippen LogP contribution in [-0.4, -0.2) is 60.0 Å². The molecule has 1 atom stereocenters. The first kappa shape index (κ1) is 21.0. The van der Waals surface area contributed by atoms with E-state index in [9.17, 15) is 21.6 Å². The van der Waals surface area contributed by atoms with Crippen molar-refractivity contribution in [1.82, 2.24) is 14.3 Å². The van der Waals surface area contributed by atoms with Crippen LogP contribution in [0.1, 0.15) is 12.8 Å². The lowest BCUT2D eigenvalue weighted by molar-refractivity contribution is -0.238. The number of hydrogen-bond donors (Lipinski definition) is 0. The van der Waals surface area contributed by atoms with Crippen molar-refractivity contribution in [2.45, 2.75) is 30.8 Å². The topological polar surface area (TPSA) is 72.4 Å². The van der Waals surface area contributed by atoms with Gasteiger partial charge in [-0.2, -0.15) is 13.2 Å². The number of hydrogen-bond acceptors (Lipinski definition) is 5. The number of rotatable bonds is 4. The lowest BCUT2D eigenvalue weighted by Gasteiger charge is -2.40. The fourth-order valence-electron chi connectivity index (χ4n) is 3.07. The molecule has 0 N–H and O–H groups in total. The number of aromatic nitrogens is 2. The Bertz CT molecular complexity index is 979. The Balaban J connectivity index is 1.91. The molecular formula is C16H16ClF4N3O3S. The highest BCUT2D eigenvalue weighted by molar-refractivity contribution is 7.88. The number of sulfonamides is 1. The molecule has 1 fully saturated rings. The zero-order chi connectivity index (χ0) is 20.7. The summed E-state index contributed by atoms with van der Waals surface area (Å²) in [6.45, 7) is -0.773. The number of para-hydroxylation sites is 2. The molecule has 0 bridgehead atoms. The Labute approximate surface area is 163 Å². The van der Waals surface area contributed by atoms with Crippen molar-refractivity contribution in [2.75, 3.05) is 19.3 Å². The molecule has 0 amide bonds. The van der Waals surface area contributed by atoms with Gasteiger partial charge in [0.15, 0.2) is 10.8 Å². The van der Waals surface area contributed by atoms with Gasteiger partial charge >= 0.3 is 6.18 Å². The molecule has 1 saturated heterocycles. The molecule has 2 aromatic rings. The molecule has 2 heterocycles. The summed E-state index contributed by atoms with van der Waals surface area (Å²) in [4.78, 5) is 7.84. The van der Waals surface area contributed by atoms with E-state index >= 15 is 4.39 Å². The number of fused-ring (bicyclic) bond motifs is 1. The summed E-state index contributed by atoms with van der Waals surface area (Å²) in [6.07, 6.45) is -8.38. The Morgan fingerprint density at radius 2 is 1.71 bits per heavy atom. The maximum atomic E-state index is 15.3. The summed E-state index contributed by atoms with van der Waals surface area (Å²) in [6, 6.07) is 6.33. The van der Waals surface area contributed by atoms with Crippen molar-refractivity contribution in [3.63, 3.8) is 0 Å². The van der Waals surface area contributed by atoms with Crippen LogP contribution in [0.3, 0.4) is 0 Å². The maximum absolute atomic E-state index is 15.3. The van der Waals surface area contributed by atoms with Gasteiger partial charge in [-0.1, -0.05) is 23.7 Å². The highest BCUT2D eigenvalue weighted by Gasteiger charge is 2.58. The second kappa shape index (κ2) is 7.27. The van der Waals surface area contributed by atoms with E-state index in [2.05, 4.69) is 9.97 Å². The van der Waals surface area contributed by atoms with Crippen molar-refractivity contribution in [3.8, 4) is 5.88 Å². The third-order valence-electron chi connectivity index (χ3n) is 4.52. The standard InChI is InChI=1S/C16H16ClF4N3O3S/c1-28(25,26)24-8-6-15(18,7-9-24)14(16(19,20)21)27-13-12(17)22-10-4-2-3-5-11(10)23-13/h2-5,14H,6-9H2,1H3. The summed E-state index contributed by atoms with van der Waals surface area (Å²) in [5, 5.41) is -0.426. The van der Waals surface area contributed by atoms with E-state index in [1.165, 1.54) is 6.07 Å². The van der Waals surface area contributed by atoms with Crippen molar-refractivity contribution in [3.05, 3.63) is 29.4 Å². The molecule has 0 radical (unpaired) electrons. The number of ether oxygens (including phenoxy) is 1. The van der Waals surface area contributed by atoms with Gasteiger partial charge in [0, 0.05) is 13.1 Å². The minimum absolute atomic E-state index is 0.239. The number of piperidine rings is 1. The molecule has 154 valence electrons. The quantitative estimate of drug-likeness (QED) is 0.680. The van der Waals surface area contributed by atoms with E-state index in [0.29, 0.717) is 5.52 Å². The molecule has 12 heteroatoms. The zero-order valence-electron chi connectivity index (χ0n) is 14.6. The number of nitrogens with zero attached hydrogens (tertiary/aromatic N) is 3. The average molecular weight is 442 g/mol. The molecule has 1 aromatic heterocycles. The summed E-state index contributed by atoms with van der Waals surface area (Å²) in [5.41, 5.74) is -2.25. The van der Waals surface area contributed by atoms with Gasteiger partial charge in [0.1, 0.15) is 0 Å². The van der Waals surface area contributed by atoms with Crippen LogP contribution in [0.2, 0.25) is 5.15 Å². The van der Waals surface area contributed by atoms with Crippen LogP contribution in [-0.2, 0) is 10.0 Å². The molecule has 1 aliphatic rings. The molecular weight excluding hydrogens is 426 g/mol. The predicted molar refractivity (Wildman–Crippen MR) is 94.5 cm³/mol. The van der Waals surface area contributed by atoms with Crippen molar-refractivity contribution < 1.29 is 30.7 Å². The average Bonchev–Trinajstić information content (AvgIpc) is 2.58. The lowest BCUT2D eigenvalue weighted by Crippen LogP contribution is -2.57. The van der Waals surface area contributed by atoms with E-state index in [0.717, 1.165) is 10.6 Å². The minimum Gasteiger partial charge on any atom is -0.459 e. The molecule has 3 rings (SSSR count). The van der Waals surface area contributed by atoms with Crippen molar-refractivity contribution in [2.24, 2.45) is 0 Å². The maximum Gasteiger partial charge on any atom is 0.428 e. The normalized spacial score (nSPS) is 19.5. The van der Waals surface area contributed by atoms with Crippen LogP contribution in [0.15, 0.2) is 24.3 Å². The summed E-state index contributed by atoms with van der Waals surface area (Å²) >= 11 is 5.89. The second-order valence-corrected chi connectivity index (χ2v) is 8.88. The van der Waals surface area contributed by atoms with Gasteiger partial charge in [0.05, 0.1) is 17.3 Å². The van der Waals surface area contributed by atoms with Crippen LogP contribution in [0.4, 0.5) is 17.6 Å². The SMILES string of the molecule is CS(=O)(=O)N1CCC(F)(C(Oc2nc3ccccc3nc2Cl)C(F)(F)F)CC1. The van der Waals surface area contributed by atoms with Crippen LogP contribution < -0.4 is 4.74 Å². The van der Waals surface area contributed by atoms with E-state index in [4.69, 9.17) is 16.3 Å². The van der Waals surface area contributed by atoms with Gasteiger partial charge in [-0.25, -0.2) is 27.1 Å². The Kier molecular flexibility index (Phi) is 5.45. The molecule has 28 heavy (non-hydrogen) atoms. The summed E-state index contributed by atoms with van der Waals surface area (Å²) in [7, 11) is -3.63. The monoisotopic (exact) mass is 441 g/mol. The largest absolute Gasteiger partial charge is 0.459 e. The third kappa shape index (κ3) is 4.31. The first-order chi connectivity index (χ1) is 12.9. The minimum atomic E-state index is -5.07. The molecule has 0 spiro atoms. The van der Waals surface area contributed by atoms with Crippen LogP contribution in [0.5, 0.6) is 5.88 Å². The van der Waals surface area contributed by atoms with Gasteiger partial charge in [0.2, 0.25) is 16.1 Å². The lowest BCUT2D eigenvalue weighted by atomic mass is 9.88. The third-order valence-corrected chi connectivity index (χ3v) is 6.07. The van der Waals surface area contributed by atoms with Gasteiger partial charge < -0.3 is 4.74 Å². The van der Waals surface area contributed by atoms with E-state index in [1.807, 2.05) is 0 Å². The predicted octanol–water partition coefficient (Wildman–Crippen LogP) is 3.36. The number of alkyl halides is 4. The zero-order valence-corrected chi connectivity index (χ0v) is 16.2. The van der Waals surface area contributed by atoms with Crippen molar-refractivity contribution in [1.29, 1.82) is 0 Å². The van der Waals surface area contributed by atoms with Crippen LogP contribution in [0, 0.1) is 0 Å². The van der Waals surface area contributed by atoms with E-state index in [1.54, 1.807) is 18.2 Å². The van der Waals surface area contributed by atoms with Gasteiger partial charge in [-0.05, 0) is 25.0 Å².